The molecule has 7 heteroatoms. The number of hydrogen-bond donors (Lipinski definition) is 1. The maximum absolute atomic E-state index is 11.6. The van der Waals surface area contributed by atoms with Gasteiger partial charge >= 0.3 is 5.97 Å². The van der Waals surface area contributed by atoms with Crippen molar-refractivity contribution in [2.45, 2.75) is 6.10 Å². The number of fused-ring (bicyclic) bond motifs is 3. The number of benzene rings is 1. The van der Waals surface area contributed by atoms with E-state index in [1.807, 2.05) is 48.6 Å². The Morgan fingerprint density at radius 1 is 1.24 bits per heavy atom. The molecule has 0 fully saturated rings. The third kappa shape index (κ3) is 4.35. The summed E-state index contributed by atoms with van der Waals surface area (Å²) in [5.41, 5.74) is 1.13. The van der Waals surface area contributed by atoms with Crippen LogP contribution in [0.1, 0.15) is 5.56 Å². The summed E-state index contributed by atoms with van der Waals surface area (Å²) in [5, 5.41) is 11.4. The molecule has 1 aromatic heterocycles. The Hall–Kier alpha value is -3.87. The van der Waals surface area contributed by atoms with Crippen molar-refractivity contribution in [3.63, 3.8) is 0 Å². The Kier molecular flexibility index (Phi) is 5.38. The first-order valence-electron chi connectivity index (χ1n) is 9.11. The van der Waals surface area contributed by atoms with E-state index in [4.69, 9.17) is 9.47 Å². The molecular weight excluding hydrogens is 370 g/mol. The highest BCUT2D eigenvalue weighted by Gasteiger charge is 2.28. The molecule has 1 N–H and O–H groups in total. The number of rotatable bonds is 1. The molecule has 2 aliphatic heterocycles. The number of pyridine rings is 1. The first-order chi connectivity index (χ1) is 14.2. The number of ether oxygens (including phenoxy) is 2. The van der Waals surface area contributed by atoms with Crippen LogP contribution in [0.15, 0.2) is 77.9 Å². The summed E-state index contributed by atoms with van der Waals surface area (Å²) >= 11 is 0. The fourth-order valence-corrected chi connectivity index (χ4v) is 3.12. The van der Waals surface area contributed by atoms with E-state index in [-0.39, 0.29) is 5.70 Å². The van der Waals surface area contributed by atoms with E-state index >= 15 is 0 Å². The van der Waals surface area contributed by atoms with Crippen LogP contribution in [-0.2, 0) is 9.53 Å². The minimum atomic E-state index is -1.03. The Bertz CT molecular complexity index is 1070. The maximum atomic E-state index is 11.6. The molecule has 2 aromatic rings. The van der Waals surface area contributed by atoms with Gasteiger partial charge in [-0.1, -0.05) is 30.4 Å². The second-order valence-electron chi connectivity index (χ2n) is 6.44. The van der Waals surface area contributed by atoms with E-state index in [0.29, 0.717) is 19.0 Å². The van der Waals surface area contributed by atoms with Crippen LogP contribution in [0.2, 0.25) is 0 Å². The maximum Gasteiger partial charge on any atom is 0.352 e. The number of hydrogen-bond acceptors (Lipinski definition) is 6. The molecule has 3 heterocycles. The highest BCUT2D eigenvalue weighted by atomic mass is 16.5. The van der Waals surface area contributed by atoms with E-state index in [1.54, 1.807) is 23.4 Å². The second kappa shape index (κ2) is 8.43. The zero-order valence-electron chi connectivity index (χ0n) is 15.5. The molecule has 0 amide bonds. The minimum absolute atomic E-state index is 0.132. The van der Waals surface area contributed by atoms with Gasteiger partial charge in [0.05, 0.1) is 6.54 Å². The number of nitrogens with zero attached hydrogens (tertiary/aromatic N) is 3. The van der Waals surface area contributed by atoms with E-state index in [1.165, 1.54) is 12.6 Å². The Balaban J connectivity index is 1.73. The fourth-order valence-electron chi connectivity index (χ4n) is 3.12. The van der Waals surface area contributed by atoms with E-state index in [0.717, 1.165) is 16.3 Å². The summed E-state index contributed by atoms with van der Waals surface area (Å²) in [5.74, 6) is -0.562. The van der Waals surface area contributed by atoms with Gasteiger partial charge in [-0.05, 0) is 35.2 Å². The fraction of sp³-hybridized carbons (Fsp3) is 0.136. The summed E-state index contributed by atoms with van der Waals surface area (Å²) in [6, 6.07) is 7.94. The van der Waals surface area contributed by atoms with Crippen LogP contribution >= 0.6 is 0 Å². The average molecular weight is 389 g/mol. The molecule has 1 unspecified atom stereocenters. The molecule has 0 radical (unpaired) electrons. The SMILES string of the molecule is O=C(O)C1=CC2CN1/C=C\N=COC/C=C\C=C/c1ccc3ccnc(c3c1)O2. The predicted octanol–water partition coefficient (Wildman–Crippen LogP) is 3.37. The molecule has 0 saturated heterocycles. The van der Waals surface area contributed by atoms with Crippen molar-refractivity contribution in [3.8, 4) is 5.88 Å². The molecule has 2 aliphatic rings. The number of carboxylic acids is 1. The Morgan fingerprint density at radius 2 is 2.17 bits per heavy atom. The zero-order chi connectivity index (χ0) is 20.1. The molecule has 29 heavy (non-hydrogen) atoms. The van der Waals surface area contributed by atoms with Gasteiger partial charge in [-0.25, -0.2) is 14.8 Å². The van der Waals surface area contributed by atoms with Crippen molar-refractivity contribution in [1.82, 2.24) is 9.88 Å². The van der Waals surface area contributed by atoms with Gasteiger partial charge in [-0.2, -0.15) is 0 Å². The second-order valence-corrected chi connectivity index (χ2v) is 6.44. The quantitative estimate of drug-likeness (QED) is 0.805. The van der Waals surface area contributed by atoms with Gasteiger partial charge in [0.2, 0.25) is 5.88 Å². The molecule has 1 atom stereocenters. The molecule has 4 rings (SSSR count). The van der Waals surface area contributed by atoms with Crippen LogP contribution < -0.4 is 4.74 Å². The van der Waals surface area contributed by atoms with Crippen LogP contribution in [0.5, 0.6) is 5.88 Å². The van der Waals surface area contributed by atoms with Crippen molar-refractivity contribution < 1.29 is 19.4 Å². The third-order valence-corrected chi connectivity index (χ3v) is 4.46. The van der Waals surface area contributed by atoms with Gasteiger partial charge in [0.15, 0.2) is 6.40 Å². The van der Waals surface area contributed by atoms with Crippen molar-refractivity contribution in [1.29, 1.82) is 0 Å². The third-order valence-electron chi connectivity index (χ3n) is 4.46. The summed E-state index contributed by atoms with van der Waals surface area (Å²) < 4.78 is 11.3. The first kappa shape index (κ1) is 18.5. The zero-order valence-corrected chi connectivity index (χ0v) is 15.5. The summed E-state index contributed by atoms with van der Waals surface area (Å²) in [6.45, 7) is 0.724. The topological polar surface area (TPSA) is 84.2 Å². The Morgan fingerprint density at radius 3 is 3.07 bits per heavy atom. The number of carboxylic acid groups (broad SMARTS) is 1. The van der Waals surface area contributed by atoms with Crippen LogP contribution in [-0.4, -0.2) is 46.6 Å². The van der Waals surface area contributed by atoms with E-state index < -0.39 is 12.1 Å². The normalized spacial score (nSPS) is 22.1. The van der Waals surface area contributed by atoms with Gasteiger partial charge < -0.3 is 19.5 Å². The molecule has 146 valence electrons. The average Bonchev–Trinajstić information content (AvgIpc) is 3.12. The predicted molar refractivity (Wildman–Crippen MR) is 110 cm³/mol. The van der Waals surface area contributed by atoms with Gasteiger partial charge in [0.25, 0.3) is 0 Å². The van der Waals surface area contributed by atoms with Crippen molar-refractivity contribution in [2.24, 2.45) is 4.99 Å². The number of aliphatic carboxylic acids is 1. The van der Waals surface area contributed by atoms with Crippen molar-refractivity contribution >= 4 is 29.2 Å². The van der Waals surface area contributed by atoms with Gasteiger partial charge in [-0.3, -0.25) is 0 Å². The summed E-state index contributed by atoms with van der Waals surface area (Å²) in [6.07, 6.45) is 14.9. The van der Waals surface area contributed by atoms with Crippen LogP contribution in [0.4, 0.5) is 0 Å². The number of aromatic nitrogens is 1. The van der Waals surface area contributed by atoms with Crippen LogP contribution in [0.3, 0.4) is 0 Å². The molecule has 1 aromatic carbocycles. The number of aliphatic imine (C=N–C) groups is 1. The van der Waals surface area contributed by atoms with Crippen molar-refractivity contribution in [2.75, 3.05) is 13.2 Å². The first-order valence-corrected chi connectivity index (χ1v) is 9.11. The largest absolute Gasteiger partial charge is 0.479 e. The lowest BCUT2D eigenvalue weighted by molar-refractivity contribution is -0.133. The lowest BCUT2D eigenvalue weighted by atomic mass is 10.1. The smallest absolute Gasteiger partial charge is 0.352 e. The van der Waals surface area contributed by atoms with Crippen LogP contribution in [0.25, 0.3) is 16.8 Å². The molecule has 7 nitrogen and oxygen atoms in total. The lowest BCUT2D eigenvalue weighted by Gasteiger charge is -2.17. The lowest BCUT2D eigenvalue weighted by Crippen LogP contribution is -2.24. The molecule has 4 bridgehead atoms. The molecule has 0 saturated carbocycles. The standard InChI is InChI=1S/C22H19N3O4/c26-22(27)20-13-18-14-25(20)10-9-23-15-28-11-3-1-2-4-16-5-6-17-7-8-24-21(29-18)19(17)12-16/h1-10,12-13,15,18H,11,14H2,(H,26,27)/b3-1-,4-2-,10-9-,23-15?. The van der Waals surface area contributed by atoms with E-state index in [2.05, 4.69) is 9.98 Å². The van der Waals surface area contributed by atoms with Crippen LogP contribution in [0, 0.1) is 0 Å². The number of allylic oxidation sites excluding steroid dienone is 2. The van der Waals surface area contributed by atoms with Crippen molar-refractivity contribution in [3.05, 3.63) is 78.4 Å². The molecule has 0 aliphatic carbocycles. The van der Waals surface area contributed by atoms with E-state index in [9.17, 15) is 9.90 Å². The highest BCUT2D eigenvalue weighted by molar-refractivity contribution is 5.89. The molecular formula is C22H19N3O4. The molecule has 0 spiro atoms. The minimum Gasteiger partial charge on any atom is -0.479 e. The Labute approximate surface area is 167 Å². The summed E-state index contributed by atoms with van der Waals surface area (Å²) in [4.78, 5) is 21.5. The van der Waals surface area contributed by atoms with Gasteiger partial charge in [-0.15, -0.1) is 0 Å². The highest BCUT2D eigenvalue weighted by Crippen LogP contribution is 2.28. The monoisotopic (exact) mass is 389 g/mol. The number of carbonyl (C=O) groups is 1. The van der Waals surface area contributed by atoms with Gasteiger partial charge in [0, 0.05) is 24.0 Å². The summed E-state index contributed by atoms with van der Waals surface area (Å²) in [7, 11) is 0. The van der Waals surface area contributed by atoms with Gasteiger partial charge in [0.1, 0.15) is 18.4 Å².